The van der Waals surface area contributed by atoms with Crippen LogP contribution in [0.4, 0.5) is 5.95 Å². The molecule has 21 heavy (non-hydrogen) atoms. The monoisotopic (exact) mass is 313 g/mol. The number of aliphatic carboxylic acids is 1. The van der Waals surface area contributed by atoms with E-state index in [1.807, 2.05) is 18.7 Å². The summed E-state index contributed by atoms with van der Waals surface area (Å²) >= 11 is 1.19. The number of hydrogen-bond acceptors (Lipinski definition) is 6. The normalized spacial score (nSPS) is 16.8. The SMILES string of the molecule is CN(CC1(N(C)C)CCC1)c1nnc(SCC(=O)O)n1C. The number of carboxylic acids is 1. The van der Waals surface area contributed by atoms with Crippen molar-refractivity contribution >= 4 is 23.7 Å². The zero-order chi connectivity index (χ0) is 15.6. The molecule has 1 aliphatic carbocycles. The van der Waals surface area contributed by atoms with Crippen LogP contribution in [-0.2, 0) is 11.8 Å². The second kappa shape index (κ2) is 6.23. The summed E-state index contributed by atoms with van der Waals surface area (Å²) in [5.41, 5.74) is 0.217. The summed E-state index contributed by atoms with van der Waals surface area (Å²) < 4.78 is 1.86. The first-order valence-electron chi connectivity index (χ1n) is 6.98. The van der Waals surface area contributed by atoms with Gasteiger partial charge >= 0.3 is 5.97 Å². The molecular formula is C13H23N5O2S. The number of thioether (sulfide) groups is 1. The number of hydrogen-bond donors (Lipinski definition) is 1. The summed E-state index contributed by atoms with van der Waals surface area (Å²) in [4.78, 5) is 15.0. The number of nitrogens with zero attached hydrogens (tertiary/aromatic N) is 5. The Bertz CT molecular complexity index is 513. The van der Waals surface area contributed by atoms with Crippen LogP contribution in [0.1, 0.15) is 19.3 Å². The average Bonchev–Trinajstić information content (AvgIpc) is 2.72. The van der Waals surface area contributed by atoms with Gasteiger partial charge in [-0.3, -0.25) is 9.36 Å². The van der Waals surface area contributed by atoms with Crippen molar-refractivity contribution in [3.8, 4) is 0 Å². The molecule has 1 fully saturated rings. The highest BCUT2D eigenvalue weighted by Gasteiger charge is 2.40. The van der Waals surface area contributed by atoms with E-state index in [9.17, 15) is 4.79 Å². The van der Waals surface area contributed by atoms with Crippen molar-refractivity contribution < 1.29 is 9.90 Å². The van der Waals surface area contributed by atoms with Crippen LogP contribution >= 0.6 is 11.8 Å². The lowest BCUT2D eigenvalue weighted by molar-refractivity contribution is -0.133. The molecule has 0 amide bonds. The summed E-state index contributed by atoms with van der Waals surface area (Å²) in [7, 11) is 8.13. The zero-order valence-corrected chi connectivity index (χ0v) is 13.9. The number of aromatic nitrogens is 3. The summed E-state index contributed by atoms with van der Waals surface area (Å²) in [5, 5.41) is 17.7. The van der Waals surface area contributed by atoms with Crippen LogP contribution in [0.2, 0.25) is 0 Å². The summed E-state index contributed by atoms with van der Waals surface area (Å²) in [6.45, 7) is 0.898. The maximum atomic E-state index is 10.6. The van der Waals surface area contributed by atoms with Crippen molar-refractivity contribution in [3.63, 3.8) is 0 Å². The van der Waals surface area contributed by atoms with E-state index in [2.05, 4.69) is 34.1 Å². The standard InChI is InChI=1S/C13H23N5O2S/c1-16(2)13(6-5-7-13)9-17(3)11-14-15-12(18(11)4)21-8-10(19)20/h5-9H2,1-4H3,(H,19,20). The van der Waals surface area contributed by atoms with Crippen LogP contribution in [-0.4, -0.2) is 69.7 Å². The van der Waals surface area contributed by atoms with Crippen molar-refractivity contribution in [2.75, 3.05) is 38.3 Å². The zero-order valence-electron chi connectivity index (χ0n) is 13.0. The van der Waals surface area contributed by atoms with E-state index in [0.29, 0.717) is 5.16 Å². The average molecular weight is 313 g/mol. The Morgan fingerprint density at radius 3 is 2.52 bits per heavy atom. The minimum absolute atomic E-state index is 0.00266. The molecule has 1 aromatic rings. The fraction of sp³-hybridized carbons (Fsp3) is 0.769. The lowest BCUT2D eigenvalue weighted by atomic mass is 9.75. The molecule has 0 saturated heterocycles. The second-order valence-electron chi connectivity index (χ2n) is 5.85. The number of anilines is 1. The Labute approximate surface area is 129 Å². The second-order valence-corrected chi connectivity index (χ2v) is 6.79. The molecule has 0 bridgehead atoms. The summed E-state index contributed by atoms with van der Waals surface area (Å²) in [6, 6.07) is 0. The topological polar surface area (TPSA) is 74.5 Å². The lowest BCUT2D eigenvalue weighted by Gasteiger charge is -2.49. The molecule has 1 heterocycles. The van der Waals surface area contributed by atoms with E-state index in [-0.39, 0.29) is 11.3 Å². The molecule has 0 radical (unpaired) electrons. The smallest absolute Gasteiger partial charge is 0.313 e. The molecule has 0 aromatic carbocycles. The molecule has 1 aromatic heterocycles. The Kier molecular flexibility index (Phi) is 4.77. The highest BCUT2D eigenvalue weighted by Crippen LogP contribution is 2.37. The molecule has 0 aliphatic heterocycles. The van der Waals surface area contributed by atoms with Gasteiger partial charge in [0.1, 0.15) is 0 Å². The Balaban J connectivity index is 2.06. The van der Waals surface area contributed by atoms with E-state index in [1.54, 1.807) is 0 Å². The largest absolute Gasteiger partial charge is 0.481 e. The van der Waals surface area contributed by atoms with E-state index < -0.39 is 5.97 Å². The van der Waals surface area contributed by atoms with Crippen LogP contribution in [0.3, 0.4) is 0 Å². The third-order valence-electron chi connectivity index (χ3n) is 4.24. The van der Waals surface area contributed by atoms with E-state index in [1.165, 1.54) is 31.0 Å². The van der Waals surface area contributed by atoms with Gasteiger partial charge in [0.25, 0.3) is 0 Å². The Hall–Kier alpha value is -1.28. The minimum atomic E-state index is -0.848. The van der Waals surface area contributed by atoms with Gasteiger partial charge in [0.2, 0.25) is 5.95 Å². The van der Waals surface area contributed by atoms with E-state index in [0.717, 1.165) is 12.5 Å². The fourth-order valence-corrected chi connectivity index (χ4v) is 3.36. The first-order valence-corrected chi connectivity index (χ1v) is 7.97. The van der Waals surface area contributed by atoms with Crippen LogP contribution in [0.5, 0.6) is 0 Å². The number of rotatable bonds is 7. The molecule has 1 saturated carbocycles. The lowest BCUT2D eigenvalue weighted by Crippen LogP contribution is -2.57. The molecule has 0 spiro atoms. The predicted molar refractivity (Wildman–Crippen MR) is 82.9 cm³/mol. The van der Waals surface area contributed by atoms with Crippen molar-refractivity contribution in [2.24, 2.45) is 7.05 Å². The van der Waals surface area contributed by atoms with Gasteiger partial charge in [-0.05, 0) is 33.4 Å². The molecule has 2 rings (SSSR count). The van der Waals surface area contributed by atoms with E-state index >= 15 is 0 Å². The first-order chi connectivity index (χ1) is 9.85. The van der Waals surface area contributed by atoms with Crippen LogP contribution in [0, 0.1) is 0 Å². The highest BCUT2D eigenvalue weighted by atomic mass is 32.2. The molecule has 0 atom stereocenters. The van der Waals surface area contributed by atoms with Gasteiger partial charge in [-0.2, -0.15) is 0 Å². The van der Waals surface area contributed by atoms with Crippen LogP contribution in [0.25, 0.3) is 0 Å². The summed E-state index contributed by atoms with van der Waals surface area (Å²) in [5.74, 6) is -0.0768. The van der Waals surface area contributed by atoms with Gasteiger partial charge in [0.05, 0.1) is 5.75 Å². The van der Waals surface area contributed by atoms with Gasteiger partial charge in [-0.15, -0.1) is 10.2 Å². The Morgan fingerprint density at radius 1 is 1.38 bits per heavy atom. The molecule has 1 N–H and O–H groups in total. The fourth-order valence-electron chi connectivity index (χ4n) is 2.74. The maximum Gasteiger partial charge on any atom is 0.313 e. The minimum Gasteiger partial charge on any atom is -0.481 e. The maximum absolute atomic E-state index is 10.6. The van der Waals surface area contributed by atoms with Crippen molar-refractivity contribution in [3.05, 3.63) is 0 Å². The van der Waals surface area contributed by atoms with Gasteiger partial charge in [0.15, 0.2) is 5.16 Å². The molecule has 1 aliphatic rings. The Morgan fingerprint density at radius 2 is 2.05 bits per heavy atom. The predicted octanol–water partition coefficient (Wildman–Crippen LogP) is 0.912. The van der Waals surface area contributed by atoms with Crippen molar-refractivity contribution in [1.82, 2.24) is 19.7 Å². The third kappa shape index (κ3) is 3.32. The number of carboxylic acid groups (broad SMARTS) is 1. The van der Waals surface area contributed by atoms with Crippen molar-refractivity contribution in [2.45, 2.75) is 30.0 Å². The quantitative estimate of drug-likeness (QED) is 0.750. The molecule has 8 heteroatoms. The van der Waals surface area contributed by atoms with Crippen LogP contribution in [0.15, 0.2) is 5.16 Å². The van der Waals surface area contributed by atoms with Crippen molar-refractivity contribution in [1.29, 1.82) is 0 Å². The van der Waals surface area contributed by atoms with Crippen LogP contribution < -0.4 is 4.90 Å². The highest BCUT2D eigenvalue weighted by molar-refractivity contribution is 7.99. The van der Waals surface area contributed by atoms with Gasteiger partial charge in [0, 0.05) is 26.2 Å². The first kappa shape index (κ1) is 16.1. The third-order valence-corrected chi connectivity index (χ3v) is 5.25. The van der Waals surface area contributed by atoms with Gasteiger partial charge < -0.3 is 14.9 Å². The summed E-state index contributed by atoms with van der Waals surface area (Å²) in [6.07, 6.45) is 3.66. The number of likely N-dealkylation sites (N-methyl/N-ethyl adjacent to an activating group) is 2. The molecule has 118 valence electrons. The van der Waals surface area contributed by atoms with Gasteiger partial charge in [-0.1, -0.05) is 11.8 Å². The number of carbonyl (C=O) groups is 1. The van der Waals surface area contributed by atoms with E-state index in [4.69, 9.17) is 5.11 Å². The molecule has 7 nitrogen and oxygen atoms in total. The molecule has 0 unspecified atom stereocenters. The van der Waals surface area contributed by atoms with Gasteiger partial charge in [-0.25, -0.2) is 0 Å². The molecular weight excluding hydrogens is 290 g/mol.